The summed E-state index contributed by atoms with van der Waals surface area (Å²) < 4.78 is 4.63. The van der Waals surface area contributed by atoms with Crippen LogP contribution in [0, 0.1) is 11.8 Å². The Kier molecular flexibility index (Phi) is 3.37. The lowest BCUT2D eigenvalue weighted by Crippen LogP contribution is -2.31. The third kappa shape index (κ3) is 2.19. The summed E-state index contributed by atoms with van der Waals surface area (Å²) in [5.74, 6) is 0.915. The molecular weight excluding hydrogens is 208 g/mol. The van der Waals surface area contributed by atoms with Crippen LogP contribution in [0.3, 0.4) is 0 Å². The monoisotopic (exact) mass is 220 g/mol. The van der Waals surface area contributed by atoms with Gasteiger partial charge < -0.3 is 4.74 Å². The standard InChI is InChI=1S/C8H13BrO2/c1-11-8(10)7-4-6(5-7)2-3-9/h6-7H,2-5H2,1H3. The number of hydrogen-bond acceptors (Lipinski definition) is 2. The van der Waals surface area contributed by atoms with Crippen LogP contribution >= 0.6 is 15.9 Å². The minimum absolute atomic E-state index is 0.0316. The fourth-order valence-electron chi connectivity index (χ4n) is 1.48. The van der Waals surface area contributed by atoms with Crippen molar-refractivity contribution in [3.63, 3.8) is 0 Å². The molecule has 1 rings (SSSR count). The number of halogens is 1. The Hall–Kier alpha value is -0.0500. The minimum Gasteiger partial charge on any atom is -0.469 e. The molecule has 1 fully saturated rings. The molecule has 0 heterocycles. The molecule has 0 saturated heterocycles. The highest BCUT2D eigenvalue weighted by atomic mass is 79.9. The van der Waals surface area contributed by atoms with Crippen molar-refractivity contribution >= 4 is 21.9 Å². The summed E-state index contributed by atoms with van der Waals surface area (Å²) in [6.45, 7) is 0. The highest BCUT2D eigenvalue weighted by Gasteiger charge is 2.34. The zero-order valence-electron chi connectivity index (χ0n) is 6.68. The van der Waals surface area contributed by atoms with Gasteiger partial charge in [0.25, 0.3) is 0 Å². The fourth-order valence-corrected chi connectivity index (χ4v) is 2.13. The zero-order valence-corrected chi connectivity index (χ0v) is 8.26. The number of ether oxygens (including phenoxy) is 1. The van der Waals surface area contributed by atoms with E-state index in [0.717, 1.165) is 24.1 Å². The average molecular weight is 221 g/mol. The molecule has 0 spiro atoms. The molecule has 0 aromatic rings. The van der Waals surface area contributed by atoms with Gasteiger partial charge in [0.2, 0.25) is 0 Å². The molecule has 0 amide bonds. The Morgan fingerprint density at radius 3 is 2.73 bits per heavy atom. The van der Waals surface area contributed by atoms with E-state index in [4.69, 9.17) is 0 Å². The summed E-state index contributed by atoms with van der Waals surface area (Å²) in [5, 5.41) is 1.05. The first-order chi connectivity index (χ1) is 5.27. The van der Waals surface area contributed by atoms with Gasteiger partial charge in [-0.2, -0.15) is 0 Å². The lowest BCUT2D eigenvalue weighted by atomic mass is 9.74. The average Bonchev–Trinajstić information content (AvgIpc) is 1.94. The summed E-state index contributed by atoms with van der Waals surface area (Å²) in [7, 11) is 1.46. The molecule has 0 N–H and O–H groups in total. The highest BCUT2D eigenvalue weighted by Crippen LogP contribution is 2.36. The molecule has 0 aromatic carbocycles. The molecule has 0 aromatic heterocycles. The molecule has 1 aliphatic rings. The normalized spacial score (nSPS) is 29.3. The Labute approximate surface area is 75.4 Å². The van der Waals surface area contributed by atoms with Gasteiger partial charge in [0.15, 0.2) is 0 Å². The number of carbonyl (C=O) groups is 1. The van der Waals surface area contributed by atoms with Gasteiger partial charge in [-0.25, -0.2) is 0 Å². The first-order valence-electron chi connectivity index (χ1n) is 3.91. The second-order valence-corrected chi connectivity index (χ2v) is 3.83. The summed E-state index contributed by atoms with van der Waals surface area (Å²) in [6.07, 6.45) is 3.24. The Morgan fingerprint density at radius 2 is 2.27 bits per heavy atom. The largest absolute Gasteiger partial charge is 0.469 e. The molecular formula is C8H13BrO2. The minimum atomic E-state index is -0.0316. The second kappa shape index (κ2) is 4.10. The maximum absolute atomic E-state index is 10.9. The van der Waals surface area contributed by atoms with Gasteiger partial charge in [0, 0.05) is 5.33 Å². The van der Waals surface area contributed by atoms with Crippen LogP contribution in [0.2, 0.25) is 0 Å². The predicted octanol–water partition coefficient (Wildman–Crippen LogP) is 1.97. The van der Waals surface area contributed by atoms with Gasteiger partial charge in [0.1, 0.15) is 0 Å². The fraction of sp³-hybridized carbons (Fsp3) is 0.875. The van der Waals surface area contributed by atoms with Crippen molar-refractivity contribution in [1.82, 2.24) is 0 Å². The van der Waals surface area contributed by atoms with Gasteiger partial charge in [-0.05, 0) is 25.2 Å². The van der Waals surface area contributed by atoms with Crippen LogP contribution in [0.15, 0.2) is 0 Å². The van der Waals surface area contributed by atoms with Crippen molar-refractivity contribution < 1.29 is 9.53 Å². The van der Waals surface area contributed by atoms with Crippen LogP contribution < -0.4 is 0 Å². The molecule has 0 unspecified atom stereocenters. The molecule has 0 radical (unpaired) electrons. The van der Waals surface area contributed by atoms with E-state index in [-0.39, 0.29) is 11.9 Å². The predicted molar refractivity (Wildman–Crippen MR) is 46.6 cm³/mol. The zero-order chi connectivity index (χ0) is 8.27. The highest BCUT2D eigenvalue weighted by molar-refractivity contribution is 9.09. The second-order valence-electron chi connectivity index (χ2n) is 3.04. The van der Waals surface area contributed by atoms with E-state index in [1.165, 1.54) is 13.5 Å². The number of carbonyl (C=O) groups excluding carboxylic acids is 1. The van der Waals surface area contributed by atoms with Gasteiger partial charge in [-0.3, -0.25) is 4.79 Å². The van der Waals surface area contributed by atoms with Crippen LogP contribution in [0.5, 0.6) is 0 Å². The van der Waals surface area contributed by atoms with Crippen molar-refractivity contribution in [3.8, 4) is 0 Å². The van der Waals surface area contributed by atoms with E-state index in [2.05, 4.69) is 20.7 Å². The lowest BCUT2D eigenvalue weighted by molar-refractivity contribution is -0.150. The van der Waals surface area contributed by atoms with Crippen LogP contribution in [0.1, 0.15) is 19.3 Å². The lowest BCUT2D eigenvalue weighted by Gasteiger charge is -2.32. The van der Waals surface area contributed by atoms with Crippen molar-refractivity contribution in [2.75, 3.05) is 12.4 Å². The molecule has 0 atom stereocenters. The molecule has 2 nitrogen and oxygen atoms in total. The summed E-state index contributed by atoms with van der Waals surface area (Å²) in [5.41, 5.74) is 0. The SMILES string of the molecule is COC(=O)C1CC(CCBr)C1. The van der Waals surface area contributed by atoms with Gasteiger partial charge in [-0.1, -0.05) is 15.9 Å². The molecule has 1 aliphatic carbocycles. The molecule has 64 valence electrons. The number of hydrogen-bond donors (Lipinski definition) is 0. The maximum Gasteiger partial charge on any atom is 0.308 e. The number of esters is 1. The molecule has 0 bridgehead atoms. The smallest absolute Gasteiger partial charge is 0.308 e. The van der Waals surface area contributed by atoms with Gasteiger partial charge >= 0.3 is 5.97 Å². The van der Waals surface area contributed by atoms with Crippen molar-refractivity contribution in [3.05, 3.63) is 0 Å². The third-order valence-electron chi connectivity index (χ3n) is 2.29. The van der Waals surface area contributed by atoms with Gasteiger partial charge in [-0.15, -0.1) is 0 Å². The first kappa shape index (κ1) is 9.04. The molecule has 1 saturated carbocycles. The number of rotatable bonds is 3. The van der Waals surface area contributed by atoms with Crippen LogP contribution in [-0.2, 0) is 9.53 Å². The first-order valence-corrected chi connectivity index (χ1v) is 5.04. The van der Waals surface area contributed by atoms with Crippen molar-refractivity contribution in [2.24, 2.45) is 11.8 Å². The van der Waals surface area contributed by atoms with Crippen molar-refractivity contribution in [1.29, 1.82) is 0 Å². The van der Waals surface area contributed by atoms with Crippen molar-refractivity contribution in [2.45, 2.75) is 19.3 Å². The molecule has 11 heavy (non-hydrogen) atoms. The molecule has 3 heteroatoms. The van der Waals surface area contributed by atoms with E-state index < -0.39 is 0 Å². The Balaban J connectivity index is 2.13. The van der Waals surface area contributed by atoms with E-state index in [9.17, 15) is 4.79 Å². The summed E-state index contributed by atoms with van der Waals surface area (Å²) in [6, 6.07) is 0. The Morgan fingerprint density at radius 1 is 1.64 bits per heavy atom. The van der Waals surface area contributed by atoms with Crippen LogP contribution in [0.25, 0.3) is 0 Å². The van der Waals surface area contributed by atoms with E-state index in [1.54, 1.807) is 0 Å². The van der Waals surface area contributed by atoms with Gasteiger partial charge in [0.05, 0.1) is 13.0 Å². The third-order valence-corrected chi connectivity index (χ3v) is 2.75. The maximum atomic E-state index is 10.9. The Bertz CT molecular complexity index is 141. The summed E-state index contributed by atoms with van der Waals surface area (Å²) >= 11 is 3.38. The van der Waals surface area contributed by atoms with Crippen LogP contribution in [0.4, 0.5) is 0 Å². The van der Waals surface area contributed by atoms with E-state index in [0.29, 0.717) is 0 Å². The van der Waals surface area contributed by atoms with E-state index in [1.807, 2.05) is 0 Å². The van der Waals surface area contributed by atoms with E-state index >= 15 is 0 Å². The quantitative estimate of drug-likeness (QED) is 0.538. The molecule has 0 aliphatic heterocycles. The summed E-state index contributed by atoms with van der Waals surface area (Å²) in [4.78, 5) is 10.9. The number of alkyl halides is 1. The number of methoxy groups -OCH3 is 1. The topological polar surface area (TPSA) is 26.3 Å². The van der Waals surface area contributed by atoms with Crippen LogP contribution in [-0.4, -0.2) is 18.4 Å².